The molecule has 4 nitrogen and oxygen atoms in total. The maximum absolute atomic E-state index is 5.09. The van der Waals surface area contributed by atoms with Gasteiger partial charge in [0.05, 0.1) is 6.61 Å². The van der Waals surface area contributed by atoms with Crippen LogP contribution in [-0.4, -0.2) is 29.8 Å². The third-order valence-electron chi connectivity index (χ3n) is 3.53. The van der Waals surface area contributed by atoms with Gasteiger partial charge >= 0.3 is 0 Å². The lowest BCUT2D eigenvalue weighted by Gasteiger charge is -2.22. The molecule has 1 aromatic heterocycles. The van der Waals surface area contributed by atoms with E-state index in [1.54, 1.807) is 7.11 Å². The Labute approximate surface area is 103 Å². The Bertz CT molecular complexity index is 318. The lowest BCUT2D eigenvalue weighted by atomic mass is 9.89. The zero-order valence-corrected chi connectivity index (χ0v) is 10.7. The largest absolute Gasteiger partial charge is 0.383 e. The predicted molar refractivity (Wildman–Crippen MR) is 69.2 cm³/mol. The van der Waals surface area contributed by atoms with Crippen LogP contribution in [-0.2, 0) is 11.3 Å². The van der Waals surface area contributed by atoms with Crippen LogP contribution in [0.5, 0.6) is 0 Å². The molecule has 1 N–H and O–H groups in total. The van der Waals surface area contributed by atoms with E-state index in [0.29, 0.717) is 0 Å². The summed E-state index contributed by atoms with van der Waals surface area (Å²) in [4.78, 5) is 4.35. The second-order valence-corrected chi connectivity index (χ2v) is 4.82. The maximum atomic E-state index is 5.09. The van der Waals surface area contributed by atoms with Crippen LogP contribution in [0.1, 0.15) is 32.1 Å². The lowest BCUT2D eigenvalue weighted by molar-refractivity contribution is 0.187. The Morgan fingerprint density at radius 3 is 3.00 bits per heavy atom. The van der Waals surface area contributed by atoms with Crippen molar-refractivity contribution in [1.29, 1.82) is 0 Å². The fourth-order valence-corrected chi connectivity index (χ4v) is 2.47. The molecule has 96 valence electrons. The minimum absolute atomic E-state index is 0.731. The van der Waals surface area contributed by atoms with E-state index >= 15 is 0 Å². The predicted octanol–water partition coefficient (Wildman–Crippen LogP) is 2.52. The zero-order valence-electron chi connectivity index (χ0n) is 10.7. The van der Waals surface area contributed by atoms with Crippen LogP contribution in [0.3, 0.4) is 0 Å². The summed E-state index contributed by atoms with van der Waals surface area (Å²) in [6, 6.07) is 0. The number of ether oxygens (including phenoxy) is 1. The normalized spacial score (nSPS) is 17.2. The Balaban J connectivity index is 1.79. The minimum atomic E-state index is 0.731. The number of hydrogen-bond donors (Lipinski definition) is 1. The molecule has 0 radical (unpaired) electrons. The molecule has 17 heavy (non-hydrogen) atoms. The molecule has 1 fully saturated rings. The minimum Gasteiger partial charge on any atom is -0.383 e. The van der Waals surface area contributed by atoms with E-state index in [0.717, 1.165) is 31.6 Å². The molecule has 1 aliphatic rings. The van der Waals surface area contributed by atoms with E-state index in [4.69, 9.17) is 4.74 Å². The molecule has 2 rings (SSSR count). The summed E-state index contributed by atoms with van der Waals surface area (Å²) in [5.41, 5.74) is 0. The maximum Gasteiger partial charge on any atom is 0.202 e. The second kappa shape index (κ2) is 6.64. The molecule has 1 aliphatic carbocycles. The molecule has 0 bridgehead atoms. The first-order chi connectivity index (χ1) is 8.40. The zero-order chi connectivity index (χ0) is 11.9. The number of imidazole rings is 1. The Hall–Kier alpha value is -1.03. The van der Waals surface area contributed by atoms with Crippen molar-refractivity contribution in [3.05, 3.63) is 12.4 Å². The van der Waals surface area contributed by atoms with Gasteiger partial charge in [0, 0.05) is 32.6 Å². The van der Waals surface area contributed by atoms with Crippen LogP contribution in [0.25, 0.3) is 0 Å². The summed E-state index contributed by atoms with van der Waals surface area (Å²) in [6.07, 6.45) is 10.8. The molecule has 0 aromatic carbocycles. The smallest absolute Gasteiger partial charge is 0.202 e. The van der Waals surface area contributed by atoms with Crippen molar-refractivity contribution in [2.24, 2.45) is 5.92 Å². The standard InChI is InChI=1S/C13H23N3O/c1-17-10-9-16-8-7-14-13(16)15-11-12-5-3-2-4-6-12/h7-8,12H,2-6,9-11H2,1H3,(H,14,15). The van der Waals surface area contributed by atoms with Gasteiger partial charge in [-0.2, -0.15) is 0 Å². The number of methoxy groups -OCH3 is 1. The van der Waals surface area contributed by atoms with Crippen molar-refractivity contribution in [3.8, 4) is 0 Å². The van der Waals surface area contributed by atoms with Crippen molar-refractivity contribution in [1.82, 2.24) is 9.55 Å². The van der Waals surface area contributed by atoms with Crippen LogP contribution >= 0.6 is 0 Å². The molecule has 0 saturated heterocycles. The van der Waals surface area contributed by atoms with Crippen molar-refractivity contribution < 1.29 is 4.74 Å². The van der Waals surface area contributed by atoms with Crippen molar-refractivity contribution in [2.45, 2.75) is 38.6 Å². The monoisotopic (exact) mass is 237 g/mol. The van der Waals surface area contributed by atoms with Gasteiger partial charge in [-0.15, -0.1) is 0 Å². The summed E-state index contributed by atoms with van der Waals surface area (Å²) >= 11 is 0. The average molecular weight is 237 g/mol. The summed E-state index contributed by atoms with van der Waals surface area (Å²) in [6.45, 7) is 2.65. The molecule has 4 heteroatoms. The lowest BCUT2D eigenvalue weighted by Crippen LogP contribution is -2.19. The van der Waals surface area contributed by atoms with Gasteiger partial charge in [-0.05, 0) is 18.8 Å². The van der Waals surface area contributed by atoms with E-state index in [9.17, 15) is 0 Å². The van der Waals surface area contributed by atoms with Crippen molar-refractivity contribution >= 4 is 5.95 Å². The Morgan fingerprint density at radius 1 is 1.41 bits per heavy atom. The summed E-state index contributed by atoms with van der Waals surface area (Å²) in [5, 5.41) is 3.47. The summed E-state index contributed by atoms with van der Waals surface area (Å²) < 4.78 is 7.21. The van der Waals surface area contributed by atoms with Gasteiger partial charge in [0.2, 0.25) is 5.95 Å². The van der Waals surface area contributed by atoms with Gasteiger partial charge in [0.25, 0.3) is 0 Å². The van der Waals surface area contributed by atoms with E-state index in [1.165, 1.54) is 32.1 Å². The van der Waals surface area contributed by atoms with Crippen LogP contribution in [0.15, 0.2) is 12.4 Å². The van der Waals surface area contributed by atoms with E-state index in [2.05, 4.69) is 14.9 Å². The number of anilines is 1. The molecule has 1 saturated carbocycles. The number of aromatic nitrogens is 2. The molecule has 0 unspecified atom stereocenters. The number of rotatable bonds is 6. The van der Waals surface area contributed by atoms with Crippen molar-refractivity contribution in [2.75, 3.05) is 25.6 Å². The molecule has 1 heterocycles. The van der Waals surface area contributed by atoms with Crippen LogP contribution in [0, 0.1) is 5.92 Å². The highest BCUT2D eigenvalue weighted by molar-refractivity contribution is 5.25. The molecule has 0 spiro atoms. The van der Waals surface area contributed by atoms with Gasteiger partial charge in [-0.1, -0.05) is 19.3 Å². The van der Waals surface area contributed by atoms with Crippen LogP contribution < -0.4 is 5.32 Å². The van der Waals surface area contributed by atoms with Crippen LogP contribution in [0.2, 0.25) is 0 Å². The van der Waals surface area contributed by atoms with Gasteiger partial charge in [0.1, 0.15) is 0 Å². The fourth-order valence-electron chi connectivity index (χ4n) is 2.47. The third-order valence-corrected chi connectivity index (χ3v) is 3.53. The van der Waals surface area contributed by atoms with Gasteiger partial charge in [0.15, 0.2) is 0 Å². The number of nitrogens with one attached hydrogen (secondary N) is 1. The Kier molecular flexibility index (Phi) is 4.86. The first-order valence-electron chi connectivity index (χ1n) is 6.64. The number of nitrogens with zero attached hydrogens (tertiary/aromatic N) is 2. The molecule has 0 amide bonds. The molecular formula is C13H23N3O. The van der Waals surface area contributed by atoms with E-state index < -0.39 is 0 Å². The van der Waals surface area contributed by atoms with Gasteiger partial charge in [-0.3, -0.25) is 0 Å². The first-order valence-corrected chi connectivity index (χ1v) is 6.64. The third kappa shape index (κ3) is 3.73. The highest BCUT2D eigenvalue weighted by Crippen LogP contribution is 2.23. The molecular weight excluding hydrogens is 214 g/mol. The SMILES string of the molecule is COCCn1ccnc1NCC1CCCCC1. The molecule has 0 atom stereocenters. The van der Waals surface area contributed by atoms with Gasteiger partial charge < -0.3 is 14.6 Å². The average Bonchev–Trinajstić information content (AvgIpc) is 2.82. The number of hydrogen-bond acceptors (Lipinski definition) is 3. The highest BCUT2D eigenvalue weighted by atomic mass is 16.5. The summed E-state index contributed by atoms with van der Waals surface area (Å²) in [7, 11) is 1.73. The van der Waals surface area contributed by atoms with Gasteiger partial charge in [-0.25, -0.2) is 4.98 Å². The quantitative estimate of drug-likeness (QED) is 0.826. The molecule has 1 aromatic rings. The van der Waals surface area contributed by atoms with Crippen LogP contribution in [0.4, 0.5) is 5.95 Å². The van der Waals surface area contributed by atoms with E-state index in [-0.39, 0.29) is 0 Å². The van der Waals surface area contributed by atoms with Crippen molar-refractivity contribution in [3.63, 3.8) is 0 Å². The highest BCUT2D eigenvalue weighted by Gasteiger charge is 2.13. The summed E-state index contributed by atoms with van der Waals surface area (Å²) in [5.74, 6) is 1.81. The first kappa shape index (κ1) is 12.4. The molecule has 0 aliphatic heterocycles. The fraction of sp³-hybridized carbons (Fsp3) is 0.769. The Morgan fingerprint density at radius 2 is 2.24 bits per heavy atom. The van der Waals surface area contributed by atoms with E-state index in [1.807, 2.05) is 12.4 Å². The second-order valence-electron chi connectivity index (χ2n) is 4.82. The topological polar surface area (TPSA) is 39.1 Å².